The maximum absolute atomic E-state index is 13.2. The van der Waals surface area contributed by atoms with Crippen molar-refractivity contribution in [2.45, 2.75) is 25.9 Å². The molecule has 17 heavy (non-hydrogen) atoms. The summed E-state index contributed by atoms with van der Waals surface area (Å²) in [5, 5.41) is 14.2. The molecule has 5 heteroatoms. The topological polar surface area (TPSA) is 61.4 Å². The first kappa shape index (κ1) is 13.4. The molecule has 0 bridgehead atoms. The number of hydrogen-bond acceptors (Lipinski definition) is 2. The number of nitrogens with one attached hydrogen (secondary N) is 2. The van der Waals surface area contributed by atoms with Crippen LogP contribution in [-0.4, -0.2) is 23.8 Å². The monoisotopic (exact) mass is 240 g/mol. The van der Waals surface area contributed by atoms with E-state index in [1.807, 2.05) is 6.92 Å². The van der Waals surface area contributed by atoms with Crippen LogP contribution in [0, 0.1) is 5.82 Å². The highest BCUT2D eigenvalue weighted by Crippen LogP contribution is 2.11. The standard InChI is InChI=1S/C12H17FN2O2/c1-2-5-9(16)8-14-12(17)15-11-7-4-3-6-10(11)13/h3-4,6-7,9,16H,2,5,8H2,1H3,(H2,14,15,17). The van der Waals surface area contributed by atoms with Crippen LogP contribution in [-0.2, 0) is 0 Å². The van der Waals surface area contributed by atoms with Crippen LogP contribution in [0.4, 0.5) is 14.9 Å². The number of urea groups is 1. The maximum atomic E-state index is 13.2. The van der Waals surface area contributed by atoms with E-state index in [9.17, 15) is 14.3 Å². The minimum atomic E-state index is -0.564. The number of rotatable bonds is 5. The van der Waals surface area contributed by atoms with E-state index in [1.54, 1.807) is 12.1 Å². The number of carbonyl (C=O) groups is 1. The highest BCUT2D eigenvalue weighted by molar-refractivity contribution is 5.89. The van der Waals surface area contributed by atoms with E-state index < -0.39 is 18.0 Å². The van der Waals surface area contributed by atoms with Gasteiger partial charge in [-0.3, -0.25) is 0 Å². The lowest BCUT2D eigenvalue weighted by molar-refractivity contribution is 0.162. The van der Waals surface area contributed by atoms with Gasteiger partial charge in [0, 0.05) is 6.54 Å². The molecule has 0 aliphatic heterocycles. The quantitative estimate of drug-likeness (QED) is 0.738. The third-order valence-corrected chi connectivity index (χ3v) is 2.24. The number of aliphatic hydroxyl groups excluding tert-OH is 1. The molecule has 0 aliphatic carbocycles. The van der Waals surface area contributed by atoms with Crippen LogP contribution in [0.3, 0.4) is 0 Å². The Morgan fingerprint density at radius 2 is 2.18 bits per heavy atom. The van der Waals surface area contributed by atoms with E-state index in [0.29, 0.717) is 6.42 Å². The minimum Gasteiger partial charge on any atom is -0.391 e. The number of amides is 2. The van der Waals surface area contributed by atoms with Crippen LogP contribution in [0.25, 0.3) is 0 Å². The summed E-state index contributed by atoms with van der Waals surface area (Å²) in [4.78, 5) is 11.4. The number of halogens is 1. The van der Waals surface area contributed by atoms with E-state index in [-0.39, 0.29) is 12.2 Å². The first-order valence-electron chi connectivity index (χ1n) is 5.61. The predicted molar refractivity (Wildman–Crippen MR) is 64.3 cm³/mol. The highest BCUT2D eigenvalue weighted by atomic mass is 19.1. The van der Waals surface area contributed by atoms with Crippen molar-refractivity contribution in [2.75, 3.05) is 11.9 Å². The van der Waals surface area contributed by atoms with E-state index in [4.69, 9.17) is 0 Å². The summed E-state index contributed by atoms with van der Waals surface area (Å²) in [6, 6.07) is 5.39. The normalized spacial score (nSPS) is 11.9. The Morgan fingerprint density at radius 1 is 1.47 bits per heavy atom. The van der Waals surface area contributed by atoms with Gasteiger partial charge in [-0.15, -0.1) is 0 Å². The number of benzene rings is 1. The van der Waals surface area contributed by atoms with Gasteiger partial charge in [-0.1, -0.05) is 25.5 Å². The molecule has 3 N–H and O–H groups in total. The number of aliphatic hydroxyl groups is 1. The van der Waals surface area contributed by atoms with Crippen LogP contribution in [0.5, 0.6) is 0 Å². The number of anilines is 1. The molecule has 94 valence electrons. The number of para-hydroxylation sites is 1. The lowest BCUT2D eigenvalue weighted by Gasteiger charge is -2.11. The van der Waals surface area contributed by atoms with E-state index >= 15 is 0 Å². The van der Waals surface area contributed by atoms with Crippen LogP contribution in [0.15, 0.2) is 24.3 Å². The molecule has 0 heterocycles. The van der Waals surface area contributed by atoms with Gasteiger partial charge in [-0.25, -0.2) is 9.18 Å². The molecular formula is C12H17FN2O2. The lowest BCUT2D eigenvalue weighted by atomic mass is 10.2. The summed E-state index contributed by atoms with van der Waals surface area (Å²) in [6.07, 6.45) is 0.906. The van der Waals surface area contributed by atoms with Crippen molar-refractivity contribution >= 4 is 11.7 Å². The maximum Gasteiger partial charge on any atom is 0.319 e. The Balaban J connectivity index is 2.37. The Labute approximate surface area is 99.8 Å². The minimum absolute atomic E-state index is 0.120. The van der Waals surface area contributed by atoms with Crippen molar-refractivity contribution in [1.29, 1.82) is 0 Å². The average Bonchev–Trinajstić information content (AvgIpc) is 2.30. The first-order valence-corrected chi connectivity index (χ1v) is 5.61. The Bertz CT molecular complexity index is 371. The summed E-state index contributed by atoms with van der Waals surface area (Å²) in [5.74, 6) is -0.489. The lowest BCUT2D eigenvalue weighted by Crippen LogP contribution is -2.35. The fourth-order valence-corrected chi connectivity index (χ4v) is 1.37. The first-order chi connectivity index (χ1) is 8.13. The Kier molecular flexibility index (Phi) is 5.42. The average molecular weight is 240 g/mol. The molecule has 1 aromatic rings. The fourth-order valence-electron chi connectivity index (χ4n) is 1.37. The van der Waals surface area contributed by atoms with Gasteiger partial charge in [0.25, 0.3) is 0 Å². The third-order valence-electron chi connectivity index (χ3n) is 2.24. The molecule has 4 nitrogen and oxygen atoms in total. The highest BCUT2D eigenvalue weighted by Gasteiger charge is 2.07. The van der Waals surface area contributed by atoms with Gasteiger partial charge in [-0.2, -0.15) is 0 Å². The predicted octanol–water partition coefficient (Wildman–Crippen LogP) is 2.11. The van der Waals surface area contributed by atoms with Crippen LogP contribution in [0.2, 0.25) is 0 Å². The summed E-state index contributed by atoms with van der Waals surface area (Å²) in [5.41, 5.74) is 0.120. The molecule has 1 atom stereocenters. The molecule has 0 spiro atoms. The molecule has 0 aliphatic rings. The molecule has 1 aromatic carbocycles. The summed E-state index contributed by atoms with van der Waals surface area (Å²) >= 11 is 0. The zero-order chi connectivity index (χ0) is 12.7. The molecule has 0 aromatic heterocycles. The number of hydrogen-bond donors (Lipinski definition) is 3. The summed E-state index contributed by atoms with van der Waals surface area (Å²) in [6.45, 7) is 2.11. The van der Waals surface area contributed by atoms with E-state index in [0.717, 1.165) is 6.42 Å². The van der Waals surface area contributed by atoms with Gasteiger partial charge in [0.1, 0.15) is 5.82 Å². The molecule has 1 unspecified atom stereocenters. The SMILES string of the molecule is CCCC(O)CNC(=O)Nc1ccccc1F. The van der Waals surface area contributed by atoms with Crippen LogP contribution < -0.4 is 10.6 Å². The second-order valence-electron chi connectivity index (χ2n) is 3.76. The van der Waals surface area contributed by atoms with Crippen molar-refractivity contribution in [2.24, 2.45) is 0 Å². The molecule has 0 saturated heterocycles. The Morgan fingerprint density at radius 3 is 2.82 bits per heavy atom. The van der Waals surface area contributed by atoms with Gasteiger partial charge < -0.3 is 15.7 Å². The van der Waals surface area contributed by atoms with Crippen molar-refractivity contribution < 1.29 is 14.3 Å². The van der Waals surface area contributed by atoms with Crippen molar-refractivity contribution in [3.8, 4) is 0 Å². The van der Waals surface area contributed by atoms with Crippen LogP contribution in [0.1, 0.15) is 19.8 Å². The zero-order valence-corrected chi connectivity index (χ0v) is 9.74. The fraction of sp³-hybridized carbons (Fsp3) is 0.417. The summed E-state index contributed by atoms with van der Waals surface area (Å²) in [7, 11) is 0. The molecule has 0 saturated carbocycles. The summed E-state index contributed by atoms with van der Waals surface area (Å²) < 4.78 is 13.2. The van der Waals surface area contributed by atoms with Crippen molar-refractivity contribution in [3.63, 3.8) is 0 Å². The van der Waals surface area contributed by atoms with Crippen LogP contribution >= 0.6 is 0 Å². The zero-order valence-electron chi connectivity index (χ0n) is 9.74. The smallest absolute Gasteiger partial charge is 0.319 e. The Hall–Kier alpha value is -1.62. The van der Waals surface area contributed by atoms with E-state index in [1.165, 1.54) is 12.1 Å². The van der Waals surface area contributed by atoms with Gasteiger partial charge in [0.2, 0.25) is 0 Å². The molecule has 2 amide bonds. The van der Waals surface area contributed by atoms with Crippen molar-refractivity contribution in [1.82, 2.24) is 5.32 Å². The van der Waals surface area contributed by atoms with Gasteiger partial charge in [0.15, 0.2) is 0 Å². The molecule has 0 radical (unpaired) electrons. The number of carbonyl (C=O) groups excluding carboxylic acids is 1. The second-order valence-corrected chi connectivity index (χ2v) is 3.76. The molecule has 0 fully saturated rings. The van der Waals surface area contributed by atoms with Crippen molar-refractivity contribution in [3.05, 3.63) is 30.1 Å². The molecule has 1 rings (SSSR count). The second kappa shape index (κ2) is 6.85. The van der Waals surface area contributed by atoms with Gasteiger partial charge in [0.05, 0.1) is 11.8 Å². The largest absolute Gasteiger partial charge is 0.391 e. The molecular weight excluding hydrogens is 223 g/mol. The van der Waals surface area contributed by atoms with Gasteiger partial charge >= 0.3 is 6.03 Å². The van der Waals surface area contributed by atoms with Gasteiger partial charge in [-0.05, 0) is 18.6 Å². The third kappa shape index (κ3) is 4.82. The van der Waals surface area contributed by atoms with E-state index in [2.05, 4.69) is 10.6 Å².